The normalized spacial score (nSPS) is 11.8. The highest BCUT2D eigenvalue weighted by Crippen LogP contribution is 2.17. The van der Waals surface area contributed by atoms with Crippen molar-refractivity contribution in [1.29, 1.82) is 0 Å². The number of rotatable bonds is 10. The highest BCUT2D eigenvalue weighted by molar-refractivity contribution is 5.83. The van der Waals surface area contributed by atoms with Crippen LogP contribution in [-0.4, -0.2) is 33.3 Å². The third kappa shape index (κ3) is 5.53. The monoisotopic (exact) mass is 329 g/mol. The molecular weight excluding hydrogens is 306 g/mol. The zero-order chi connectivity index (χ0) is 17.2. The van der Waals surface area contributed by atoms with Crippen molar-refractivity contribution in [1.82, 2.24) is 15.1 Å². The van der Waals surface area contributed by atoms with Gasteiger partial charge < -0.3 is 10.4 Å². The van der Waals surface area contributed by atoms with E-state index in [0.717, 1.165) is 24.8 Å². The van der Waals surface area contributed by atoms with Crippen LogP contribution in [0, 0.1) is 0 Å². The average molecular weight is 329 g/mol. The van der Waals surface area contributed by atoms with Gasteiger partial charge in [-0.3, -0.25) is 14.3 Å². The van der Waals surface area contributed by atoms with Crippen LogP contribution in [-0.2, 0) is 9.59 Å². The lowest BCUT2D eigenvalue weighted by Crippen LogP contribution is -2.34. The minimum absolute atomic E-state index is 0.0876. The lowest BCUT2D eigenvalue weighted by Gasteiger charge is -2.17. The number of aliphatic carboxylic acids is 1. The van der Waals surface area contributed by atoms with Crippen molar-refractivity contribution in [3.63, 3.8) is 0 Å². The first-order chi connectivity index (χ1) is 11.7. The Kier molecular flexibility index (Phi) is 7.01. The summed E-state index contributed by atoms with van der Waals surface area (Å²) < 4.78 is 1.65. The number of carboxylic acids is 1. The maximum absolute atomic E-state index is 12.6. The van der Waals surface area contributed by atoms with Crippen LogP contribution in [0.1, 0.15) is 43.7 Å². The van der Waals surface area contributed by atoms with E-state index in [4.69, 9.17) is 5.11 Å². The zero-order valence-corrected chi connectivity index (χ0v) is 13.6. The third-order valence-electron chi connectivity index (χ3n) is 3.77. The SMILES string of the molecule is O=C(O)CCCCCCNC(=O)C(c1ccccc1)n1cccn1. The fraction of sp³-hybridized carbons (Fsp3) is 0.389. The topological polar surface area (TPSA) is 84.2 Å². The standard InChI is InChI=1S/C18H23N3O3/c22-16(23)11-6-1-2-7-12-19-18(24)17(21-14-8-13-20-21)15-9-4-3-5-10-15/h3-5,8-10,13-14,17H,1-2,6-7,11-12H2,(H,19,24)(H,22,23). The van der Waals surface area contributed by atoms with Gasteiger partial charge in [0.1, 0.15) is 0 Å². The van der Waals surface area contributed by atoms with Gasteiger partial charge in [-0.2, -0.15) is 5.10 Å². The summed E-state index contributed by atoms with van der Waals surface area (Å²) in [5.41, 5.74) is 0.889. The number of nitrogens with one attached hydrogen (secondary N) is 1. The zero-order valence-electron chi connectivity index (χ0n) is 13.6. The second kappa shape index (κ2) is 9.50. The Hall–Kier alpha value is -2.63. The minimum atomic E-state index is -0.756. The summed E-state index contributed by atoms with van der Waals surface area (Å²) in [6.07, 6.45) is 6.94. The maximum Gasteiger partial charge on any atom is 0.303 e. The number of carbonyl (C=O) groups is 2. The summed E-state index contributed by atoms with van der Waals surface area (Å²) in [5, 5.41) is 15.7. The number of hydrogen-bond acceptors (Lipinski definition) is 3. The Morgan fingerprint density at radius 1 is 1.08 bits per heavy atom. The molecule has 1 unspecified atom stereocenters. The largest absolute Gasteiger partial charge is 0.481 e. The third-order valence-corrected chi connectivity index (χ3v) is 3.77. The number of benzene rings is 1. The van der Waals surface area contributed by atoms with Crippen molar-refractivity contribution in [2.24, 2.45) is 0 Å². The summed E-state index contributed by atoms with van der Waals surface area (Å²) in [6, 6.07) is 10.9. The Morgan fingerprint density at radius 3 is 2.50 bits per heavy atom. The quantitative estimate of drug-likeness (QED) is 0.656. The van der Waals surface area contributed by atoms with E-state index in [9.17, 15) is 9.59 Å². The van der Waals surface area contributed by atoms with E-state index < -0.39 is 12.0 Å². The molecule has 0 saturated heterocycles. The number of hydrogen-bond donors (Lipinski definition) is 2. The lowest BCUT2D eigenvalue weighted by atomic mass is 10.1. The number of carboxylic acid groups (broad SMARTS) is 1. The van der Waals surface area contributed by atoms with Crippen LogP contribution in [0.2, 0.25) is 0 Å². The van der Waals surface area contributed by atoms with E-state index in [1.807, 2.05) is 30.3 Å². The molecule has 0 saturated carbocycles. The summed E-state index contributed by atoms with van der Waals surface area (Å²) in [6.45, 7) is 0.580. The predicted molar refractivity (Wildman–Crippen MR) is 90.5 cm³/mol. The van der Waals surface area contributed by atoms with Crippen LogP contribution in [0.4, 0.5) is 0 Å². The summed E-state index contributed by atoms with van der Waals surface area (Å²) in [4.78, 5) is 23.0. The van der Waals surface area contributed by atoms with Gasteiger partial charge in [0, 0.05) is 25.4 Å². The van der Waals surface area contributed by atoms with Gasteiger partial charge in [0.25, 0.3) is 0 Å². The molecule has 0 radical (unpaired) electrons. The fourth-order valence-electron chi connectivity index (χ4n) is 2.56. The van der Waals surface area contributed by atoms with Crippen molar-refractivity contribution in [3.05, 3.63) is 54.4 Å². The molecule has 6 heteroatoms. The molecule has 0 aliphatic rings. The molecule has 1 aromatic carbocycles. The molecule has 0 fully saturated rings. The molecule has 0 bridgehead atoms. The van der Waals surface area contributed by atoms with E-state index in [-0.39, 0.29) is 12.3 Å². The smallest absolute Gasteiger partial charge is 0.303 e. The lowest BCUT2D eigenvalue weighted by molar-refractivity contribution is -0.137. The van der Waals surface area contributed by atoms with Gasteiger partial charge in [0.05, 0.1) is 0 Å². The van der Waals surface area contributed by atoms with Crippen LogP contribution < -0.4 is 5.32 Å². The minimum Gasteiger partial charge on any atom is -0.481 e. The van der Waals surface area contributed by atoms with Gasteiger partial charge in [-0.15, -0.1) is 0 Å². The van der Waals surface area contributed by atoms with Gasteiger partial charge in [-0.25, -0.2) is 0 Å². The van der Waals surface area contributed by atoms with Gasteiger partial charge in [-0.1, -0.05) is 43.2 Å². The maximum atomic E-state index is 12.6. The van der Waals surface area contributed by atoms with E-state index in [2.05, 4.69) is 10.4 Å². The number of unbranched alkanes of at least 4 members (excludes halogenated alkanes) is 3. The molecule has 1 atom stereocenters. The highest BCUT2D eigenvalue weighted by atomic mass is 16.4. The molecule has 128 valence electrons. The van der Waals surface area contributed by atoms with E-state index >= 15 is 0 Å². The molecule has 2 rings (SSSR count). The molecule has 2 aromatic rings. The van der Waals surface area contributed by atoms with Crippen molar-refractivity contribution in [2.45, 2.75) is 38.1 Å². The van der Waals surface area contributed by atoms with Gasteiger partial charge in [0.15, 0.2) is 6.04 Å². The Balaban J connectivity index is 1.83. The van der Waals surface area contributed by atoms with E-state index in [1.165, 1.54) is 0 Å². The Bertz CT molecular complexity index is 626. The first kappa shape index (κ1) is 17.7. The second-order valence-corrected chi connectivity index (χ2v) is 5.65. The first-order valence-corrected chi connectivity index (χ1v) is 8.22. The van der Waals surface area contributed by atoms with E-state index in [1.54, 1.807) is 23.1 Å². The summed E-state index contributed by atoms with van der Waals surface area (Å²) >= 11 is 0. The van der Waals surface area contributed by atoms with E-state index in [0.29, 0.717) is 13.0 Å². The van der Waals surface area contributed by atoms with Crippen LogP contribution in [0.3, 0.4) is 0 Å². The predicted octanol–water partition coefficient (Wildman–Crippen LogP) is 2.62. The van der Waals surface area contributed by atoms with Crippen LogP contribution in [0.25, 0.3) is 0 Å². The van der Waals surface area contributed by atoms with Crippen molar-refractivity contribution >= 4 is 11.9 Å². The van der Waals surface area contributed by atoms with Crippen molar-refractivity contribution in [2.75, 3.05) is 6.54 Å². The number of aromatic nitrogens is 2. The molecule has 0 spiro atoms. The van der Waals surface area contributed by atoms with Crippen LogP contribution >= 0.6 is 0 Å². The molecule has 1 amide bonds. The van der Waals surface area contributed by atoms with Crippen molar-refractivity contribution < 1.29 is 14.7 Å². The molecule has 1 heterocycles. The van der Waals surface area contributed by atoms with Gasteiger partial charge in [-0.05, 0) is 24.5 Å². The number of nitrogens with zero attached hydrogens (tertiary/aromatic N) is 2. The van der Waals surface area contributed by atoms with Crippen LogP contribution in [0.15, 0.2) is 48.8 Å². The Labute approximate surface area is 141 Å². The molecule has 24 heavy (non-hydrogen) atoms. The summed E-state index contributed by atoms with van der Waals surface area (Å²) in [5.74, 6) is -0.844. The first-order valence-electron chi connectivity index (χ1n) is 8.22. The molecule has 1 aromatic heterocycles. The molecule has 6 nitrogen and oxygen atoms in total. The number of amides is 1. The molecule has 0 aliphatic carbocycles. The Morgan fingerprint density at radius 2 is 1.83 bits per heavy atom. The average Bonchev–Trinajstić information content (AvgIpc) is 3.09. The fourth-order valence-corrected chi connectivity index (χ4v) is 2.56. The molecule has 2 N–H and O–H groups in total. The molecular formula is C18H23N3O3. The van der Waals surface area contributed by atoms with Gasteiger partial charge >= 0.3 is 5.97 Å². The molecule has 0 aliphatic heterocycles. The highest BCUT2D eigenvalue weighted by Gasteiger charge is 2.22. The van der Waals surface area contributed by atoms with Gasteiger partial charge in [0.2, 0.25) is 5.91 Å². The van der Waals surface area contributed by atoms with Crippen LogP contribution in [0.5, 0.6) is 0 Å². The summed E-state index contributed by atoms with van der Waals surface area (Å²) in [7, 11) is 0. The second-order valence-electron chi connectivity index (χ2n) is 5.65. The number of carbonyl (C=O) groups excluding carboxylic acids is 1. The van der Waals surface area contributed by atoms with Crippen molar-refractivity contribution in [3.8, 4) is 0 Å².